The van der Waals surface area contributed by atoms with E-state index in [4.69, 9.17) is 9.47 Å². The maximum atomic E-state index is 14.9. The van der Waals surface area contributed by atoms with Crippen LogP contribution in [-0.2, 0) is 16.1 Å². The van der Waals surface area contributed by atoms with Gasteiger partial charge in [-0.1, -0.05) is 44.0 Å². The first kappa shape index (κ1) is 25.7. The molecule has 0 aromatic heterocycles. The molecule has 2 nitrogen and oxygen atoms in total. The van der Waals surface area contributed by atoms with Crippen molar-refractivity contribution in [2.24, 2.45) is 5.92 Å². The second-order valence-electron chi connectivity index (χ2n) is 10.9. The molecule has 1 heterocycles. The molecule has 2 aromatic carbocycles. The smallest absolute Gasteiger partial charge is 0.165 e. The molecule has 3 fully saturated rings. The predicted octanol–water partition coefficient (Wildman–Crippen LogP) is 8.63. The van der Waals surface area contributed by atoms with Crippen molar-refractivity contribution in [2.45, 2.75) is 102 Å². The van der Waals surface area contributed by atoms with Crippen LogP contribution in [0, 0.1) is 29.2 Å². The number of hydrogen-bond acceptors (Lipinski definition) is 2. The van der Waals surface area contributed by atoms with E-state index in [1.54, 1.807) is 24.3 Å². The van der Waals surface area contributed by atoms with Gasteiger partial charge in [-0.15, -0.1) is 0 Å². The van der Waals surface area contributed by atoms with Gasteiger partial charge < -0.3 is 9.47 Å². The summed E-state index contributed by atoms with van der Waals surface area (Å²) in [6.45, 7) is 2.64. The first-order valence-electron chi connectivity index (χ1n) is 13.6. The van der Waals surface area contributed by atoms with Crippen molar-refractivity contribution >= 4 is 0 Å². The Labute approximate surface area is 211 Å². The third-order valence-electron chi connectivity index (χ3n) is 8.59. The van der Waals surface area contributed by atoms with Crippen molar-refractivity contribution in [2.75, 3.05) is 6.61 Å². The van der Waals surface area contributed by atoms with Crippen molar-refractivity contribution in [1.82, 2.24) is 0 Å². The van der Waals surface area contributed by atoms with Gasteiger partial charge in [0.1, 0.15) is 6.10 Å². The maximum absolute atomic E-state index is 14.9. The minimum absolute atomic E-state index is 0.0146. The third-order valence-corrected chi connectivity index (χ3v) is 8.59. The summed E-state index contributed by atoms with van der Waals surface area (Å²) < 4.78 is 69.9. The van der Waals surface area contributed by atoms with Gasteiger partial charge in [-0.05, 0) is 80.2 Å². The number of hydrogen-bond donors (Lipinski definition) is 0. The van der Waals surface area contributed by atoms with E-state index in [1.807, 2.05) is 0 Å². The van der Waals surface area contributed by atoms with Gasteiger partial charge in [-0.25, -0.2) is 17.6 Å². The van der Waals surface area contributed by atoms with Crippen molar-refractivity contribution in [3.63, 3.8) is 0 Å². The van der Waals surface area contributed by atoms with Gasteiger partial charge >= 0.3 is 0 Å². The maximum Gasteiger partial charge on any atom is 0.165 e. The lowest BCUT2D eigenvalue weighted by Crippen LogP contribution is -2.22. The monoisotopic (exact) mass is 504 g/mol. The minimum atomic E-state index is -0.802. The fourth-order valence-electron chi connectivity index (χ4n) is 6.32. The fourth-order valence-corrected chi connectivity index (χ4v) is 6.32. The van der Waals surface area contributed by atoms with Gasteiger partial charge in [0.25, 0.3) is 0 Å². The van der Waals surface area contributed by atoms with E-state index < -0.39 is 23.3 Å². The minimum Gasteiger partial charge on any atom is -0.373 e. The van der Waals surface area contributed by atoms with E-state index in [9.17, 15) is 17.6 Å². The zero-order valence-corrected chi connectivity index (χ0v) is 21.0. The quantitative estimate of drug-likeness (QED) is 0.265. The summed E-state index contributed by atoms with van der Waals surface area (Å²) in [5.41, 5.74) is 1.43. The summed E-state index contributed by atoms with van der Waals surface area (Å²) in [4.78, 5) is 0. The SMILES string of the molecule is CCCC1CCC(c2ccc(COC3CCC(c4ccc(C5CO5)c(F)c4F)CC3)c(F)c2F)CC1. The lowest BCUT2D eigenvalue weighted by molar-refractivity contribution is 0.0116. The lowest BCUT2D eigenvalue weighted by atomic mass is 9.77. The van der Waals surface area contributed by atoms with Gasteiger partial charge in [0.05, 0.1) is 19.3 Å². The molecule has 2 saturated carbocycles. The Bertz CT molecular complexity index is 1050. The van der Waals surface area contributed by atoms with E-state index >= 15 is 0 Å². The van der Waals surface area contributed by atoms with E-state index in [1.165, 1.54) is 12.8 Å². The molecule has 5 rings (SSSR count). The first-order valence-corrected chi connectivity index (χ1v) is 13.6. The van der Waals surface area contributed by atoms with Crippen molar-refractivity contribution in [3.8, 4) is 0 Å². The first-order chi connectivity index (χ1) is 17.5. The van der Waals surface area contributed by atoms with Crippen molar-refractivity contribution in [3.05, 3.63) is 69.8 Å². The summed E-state index contributed by atoms with van der Waals surface area (Å²) in [5.74, 6) is -2.37. The summed E-state index contributed by atoms with van der Waals surface area (Å²) in [6.07, 6.45) is 8.64. The average molecular weight is 505 g/mol. The van der Waals surface area contributed by atoms with Gasteiger partial charge in [0.15, 0.2) is 23.3 Å². The molecule has 6 heteroatoms. The molecule has 2 aromatic rings. The second kappa shape index (κ2) is 11.2. The van der Waals surface area contributed by atoms with Crippen LogP contribution in [0.3, 0.4) is 0 Å². The Morgan fingerprint density at radius 2 is 1.25 bits per heavy atom. The number of halogens is 4. The second-order valence-corrected chi connectivity index (χ2v) is 10.9. The molecular formula is C30H36F4O2. The van der Waals surface area contributed by atoms with Crippen molar-refractivity contribution < 1.29 is 27.0 Å². The Hall–Kier alpha value is -1.92. The summed E-state index contributed by atoms with van der Waals surface area (Å²) in [5, 5.41) is 0. The highest BCUT2D eigenvalue weighted by Crippen LogP contribution is 2.41. The molecule has 0 N–H and O–H groups in total. The van der Waals surface area contributed by atoms with Crippen LogP contribution in [0.1, 0.15) is 111 Å². The van der Waals surface area contributed by atoms with Crippen LogP contribution in [0.5, 0.6) is 0 Å². The van der Waals surface area contributed by atoms with Gasteiger partial charge in [0, 0.05) is 11.1 Å². The van der Waals surface area contributed by atoms with Gasteiger partial charge in [-0.2, -0.15) is 0 Å². The van der Waals surface area contributed by atoms with E-state index in [0.29, 0.717) is 49.3 Å². The number of benzene rings is 2. The van der Waals surface area contributed by atoms with Crippen LogP contribution in [0.25, 0.3) is 0 Å². The topological polar surface area (TPSA) is 21.8 Å². The Morgan fingerprint density at radius 3 is 1.86 bits per heavy atom. The highest BCUT2D eigenvalue weighted by Gasteiger charge is 2.32. The molecule has 1 atom stereocenters. The Kier molecular flexibility index (Phi) is 8.02. The molecule has 3 aliphatic rings. The largest absolute Gasteiger partial charge is 0.373 e. The molecule has 1 aliphatic heterocycles. The summed E-state index contributed by atoms with van der Waals surface area (Å²) in [7, 11) is 0. The van der Waals surface area contributed by atoms with E-state index in [2.05, 4.69) is 6.92 Å². The standard InChI is InChI=1S/C30H36F4O2/c1-2-3-18-4-6-19(7-5-18)23-13-10-21(27(31)28(23)32)16-35-22-11-8-20(9-12-22)24-14-15-25(26-17-36-26)30(34)29(24)33/h10,13-15,18-20,22,26H,2-9,11-12,16-17H2,1H3. The zero-order valence-electron chi connectivity index (χ0n) is 21.0. The van der Waals surface area contributed by atoms with Crippen LogP contribution in [0.2, 0.25) is 0 Å². The average Bonchev–Trinajstić information content (AvgIpc) is 3.73. The van der Waals surface area contributed by atoms with E-state index in [0.717, 1.165) is 25.7 Å². The molecule has 0 radical (unpaired) electrons. The van der Waals surface area contributed by atoms with Crippen molar-refractivity contribution in [1.29, 1.82) is 0 Å². The van der Waals surface area contributed by atoms with Crippen LogP contribution < -0.4 is 0 Å². The van der Waals surface area contributed by atoms with Gasteiger partial charge in [-0.3, -0.25) is 0 Å². The van der Waals surface area contributed by atoms with Gasteiger partial charge in [0.2, 0.25) is 0 Å². The highest BCUT2D eigenvalue weighted by molar-refractivity contribution is 5.32. The zero-order chi connectivity index (χ0) is 25.2. The Morgan fingerprint density at radius 1 is 0.722 bits per heavy atom. The molecule has 1 unspecified atom stereocenters. The summed E-state index contributed by atoms with van der Waals surface area (Å²) in [6, 6.07) is 6.72. The van der Waals surface area contributed by atoms with Crippen LogP contribution in [-0.4, -0.2) is 12.7 Å². The van der Waals surface area contributed by atoms with Crippen LogP contribution in [0.15, 0.2) is 24.3 Å². The molecule has 196 valence electrons. The molecule has 36 heavy (non-hydrogen) atoms. The third kappa shape index (κ3) is 5.50. The number of ether oxygens (including phenoxy) is 2. The van der Waals surface area contributed by atoms with Crippen LogP contribution >= 0.6 is 0 Å². The normalized spacial score (nSPS) is 28.3. The number of rotatable bonds is 8. The molecular weight excluding hydrogens is 468 g/mol. The predicted molar refractivity (Wildman–Crippen MR) is 131 cm³/mol. The molecule has 0 amide bonds. The molecule has 2 aliphatic carbocycles. The highest BCUT2D eigenvalue weighted by atomic mass is 19.2. The molecule has 1 saturated heterocycles. The lowest BCUT2D eigenvalue weighted by Gasteiger charge is -2.30. The summed E-state index contributed by atoms with van der Waals surface area (Å²) >= 11 is 0. The Balaban J connectivity index is 1.14. The van der Waals surface area contributed by atoms with Crippen LogP contribution in [0.4, 0.5) is 17.6 Å². The fraction of sp³-hybridized carbons (Fsp3) is 0.600. The molecule has 0 spiro atoms. The van der Waals surface area contributed by atoms with E-state index in [-0.39, 0.29) is 41.8 Å². The number of epoxide rings is 1. The molecule has 0 bridgehead atoms.